The van der Waals surface area contributed by atoms with Crippen molar-refractivity contribution < 1.29 is 13.9 Å². The van der Waals surface area contributed by atoms with Gasteiger partial charge >= 0.3 is 0 Å². The molecule has 0 amide bonds. The predicted octanol–water partition coefficient (Wildman–Crippen LogP) is 2.66. The van der Waals surface area contributed by atoms with E-state index in [1.165, 1.54) is 0 Å². The summed E-state index contributed by atoms with van der Waals surface area (Å²) in [4.78, 5) is 0. The van der Waals surface area contributed by atoms with E-state index in [9.17, 15) is 0 Å². The molecule has 0 spiro atoms. The van der Waals surface area contributed by atoms with E-state index in [0.29, 0.717) is 13.2 Å². The van der Waals surface area contributed by atoms with E-state index in [-0.39, 0.29) is 6.04 Å². The van der Waals surface area contributed by atoms with E-state index in [0.717, 1.165) is 22.6 Å². The smallest absolute Gasteiger partial charge is 0.128 e. The van der Waals surface area contributed by atoms with Crippen LogP contribution in [0.25, 0.3) is 0 Å². The minimum absolute atomic E-state index is 0.325. The normalized spacial score (nSPS) is 12.4. The van der Waals surface area contributed by atoms with Crippen LogP contribution in [0.15, 0.2) is 41.0 Å². The molecule has 0 saturated carbocycles. The lowest BCUT2D eigenvalue weighted by Gasteiger charge is -2.16. The Bertz CT molecular complexity index is 522. The van der Waals surface area contributed by atoms with Crippen LogP contribution in [0.4, 0.5) is 0 Å². The van der Waals surface area contributed by atoms with Gasteiger partial charge in [-0.3, -0.25) is 0 Å². The fourth-order valence-electron chi connectivity index (χ4n) is 1.95. The number of methoxy groups -OCH3 is 1. The number of hydrogen-bond acceptors (Lipinski definition) is 4. The lowest BCUT2D eigenvalue weighted by molar-refractivity contribution is 0.145. The Morgan fingerprint density at radius 3 is 2.68 bits per heavy atom. The minimum atomic E-state index is -0.325. The molecule has 1 aromatic heterocycles. The Balaban J connectivity index is 2.21. The number of benzene rings is 1. The number of aryl methyl sites for hydroxylation is 1. The summed E-state index contributed by atoms with van der Waals surface area (Å²) < 4.78 is 16.1. The Morgan fingerprint density at radius 2 is 2.00 bits per heavy atom. The SMILES string of the molecule is COCCOc1ccccc1C(N)c1occc1C. The third-order valence-corrected chi connectivity index (χ3v) is 2.98. The second-order valence-corrected chi connectivity index (χ2v) is 4.32. The molecule has 0 saturated heterocycles. The highest BCUT2D eigenvalue weighted by Crippen LogP contribution is 2.30. The molecule has 0 fully saturated rings. The largest absolute Gasteiger partial charge is 0.491 e. The summed E-state index contributed by atoms with van der Waals surface area (Å²) in [6.07, 6.45) is 1.65. The Kier molecular flexibility index (Phi) is 4.60. The molecule has 4 nitrogen and oxygen atoms in total. The van der Waals surface area contributed by atoms with E-state index in [1.807, 2.05) is 37.3 Å². The molecule has 2 aromatic rings. The molecule has 102 valence electrons. The quantitative estimate of drug-likeness (QED) is 0.812. The predicted molar refractivity (Wildman–Crippen MR) is 73.3 cm³/mol. The fourth-order valence-corrected chi connectivity index (χ4v) is 1.95. The first-order chi connectivity index (χ1) is 9.24. The zero-order valence-electron chi connectivity index (χ0n) is 11.3. The summed E-state index contributed by atoms with van der Waals surface area (Å²) in [6, 6.07) is 9.31. The van der Waals surface area contributed by atoms with Gasteiger partial charge in [-0.05, 0) is 24.6 Å². The van der Waals surface area contributed by atoms with E-state index in [2.05, 4.69) is 0 Å². The number of ether oxygens (including phenoxy) is 2. The molecule has 0 radical (unpaired) electrons. The van der Waals surface area contributed by atoms with Crippen molar-refractivity contribution in [2.45, 2.75) is 13.0 Å². The van der Waals surface area contributed by atoms with Crippen LogP contribution in [0.1, 0.15) is 22.9 Å². The zero-order chi connectivity index (χ0) is 13.7. The average Bonchev–Trinajstić information content (AvgIpc) is 2.85. The highest BCUT2D eigenvalue weighted by Gasteiger charge is 2.18. The van der Waals surface area contributed by atoms with Crippen LogP contribution in [-0.4, -0.2) is 20.3 Å². The first-order valence-electron chi connectivity index (χ1n) is 6.24. The standard InChI is InChI=1S/C15H19NO3/c1-11-7-8-19-15(11)14(16)12-5-3-4-6-13(12)18-10-9-17-2/h3-8,14H,9-10,16H2,1-2H3. The van der Waals surface area contributed by atoms with Gasteiger partial charge in [0.25, 0.3) is 0 Å². The highest BCUT2D eigenvalue weighted by atomic mass is 16.5. The minimum Gasteiger partial charge on any atom is -0.491 e. The van der Waals surface area contributed by atoms with E-state index < -0.39 is 0 Å². The Hall–Kier alpha value is -1.78. The molecule has 1 aromatic carbocycles. The van der Waals surface area contributed by atoms with Crippen molar-refractivity contribution in [2.24, 2.45) is 5.73 Å². The lowest BCUT2D eigenvalue weighted by atomic mass is 10.0. The molecule has 0 aliphatic carbocycles. The second kappa shape index (κ2) is 6.41. The molecule has 2 N–H and O–H groups in total. The van der Waals surface area contributed by atoms with Gasteiger partial charge in [-0.25, -0.2) is 0 Å². The van der Waals surface area contributed by atoms with Crippen molar-refractivity contribution >= 4 is 0 Å². The van der Waals surface area contributed by atoms with E-state index in [1.54, 1.807) is 13.4 Å². The maximum absolute atomic E-state index is 6.26. The number of nitrogens with two attached hydrogens (primary N) is 1. The van der Waals surface area contributed by atoms with Crippen molar-refractivity contribution in [2.75, 3.05) is 20.3 Å². The van der Waals surface area contributed by atoms with Gasteiger partial charge in [0.05, 0.1) is 18.9 Å². The van der Waals surface area contributed by atoms with Gasteiger partial charge in [0.15, 0.2) is 0 Å². The zero-order valence-corrected chi connectivity index (χ0v) is 11.3. The van der Waals surface area contributed by atoms with Crippen LogP contribution in [0.2, 0.25) is 0 Å². The van der Waals surface area contributed by atoms with Crippen molar-refractivity contribution in [3.63, 3.8) is 0 Å². The molecule has 1 heterocycles. The van der Waals surface area contributed by atoms with Gasteiger partial charge in [-0.1, -0.05) is 18.2 Å². The van der Waals surface area contributed by atoms with Gasteiger partial charge in [0.2, 0.25) is 0 Å². The van der Waals surface area contributed by atoms with Crippen LogP contribution in [0.5, 0.6) is 5.75 Å². The first kappa shape index (κ1) is 13.6. The molecular weight excluding hydrogens is 242 g/mol. The van der Waals surface area contributed by atoms with Crippen LogP contribution in [0.3, 0.4) is 0 Å². The maximum atomic E-state index is 6.26. The average molecular weight is 261 g/mol. The molecule has 1 atom stereocenters. The third-order valence-electron chi connectivity index (χ3n) is 2.98. The summed E-state index contributed by atoms with van der Waals surface area (Å²) >= 11 is 0. The summed E-state index contributed by atoms with van der Waals surface area (Å²) in [5, 5.41) is 0. The molecule has 4 heteroatoms. The van der Waals surface area contributed by atoms with Gasteiger partial charge in [-0.15, -0.1) is 0 Å². The Morgan fingerprint density at radius 1 is 1.21 bits per heavy atom. The first-order valence-corrected chi connectivity index (χ1v) is 6.24. The highest BCUT2D eigenvalue weighted by molar-refractivity contribution is 5.40. The molecule has 19 heavy (non-hydrogen) atoms. The van der Waals surface area contributed by atoms with Crippen LogP contribution >= 0.6 is 0 Å². The van der Waals surface area contributed by atoms with Crippen LogP contribution in [0, 0.1) is 6.92 Å². The molecule has 0 aliphatic heterocycles. The van der Waals surface area contributed by atoms with E-state index in [4.69, 9.17) is 19.6 Å². The maximum Gasteiger partial charge on any atom is 0.128 e. The number of furan rings is 1. The fraction of sp³-hybridized carbons (Fsp3) is 0.333. The van der Waals surface area contributed by atoms with Crippen LogP contribution in [-0.2, 0) is 4.74 Å². The second-order valence-electron chi connectivity index (χ2n) is 4.32. The van der Waals surface area contributed by atoms with Gasteiger partial charge in [0.1, 0.15) is 18.1 Å². The monoisotopic (exact) mass is 261 g/mol. The molecule has 0 aliphatic rings. The van der Waals surface area contributed by atoms with Crippen molar-refractivity contribution in [3.05, 3.63) is 53.5 Å². The van der Waals surface area contributed by atoms with Crippen molar-refractivity contribution in [1.82, 2.24) is 0 Å². The molecule has 2 rings (SSSR count). The van der Waals surface area contributed by atoms with Gasteiger partial charge < -0.3 is 19.6 Å². The summed E-state index contributed by atoms with van der Waals surface area (Å²) in [6.45, 7) is 3.02. The number of hydrogen-bond donors (Lipinski definition) is 1. The third kappa shape index (κ3) is 3.16. The summed E-state index contributed by atoms with van der Waals surface area (Å²) in [7, 11) is 1.65. The van der Waals surface area contributed by atoms with Gasteiger partial charge in [0, 0.05) is 12.7 Å². The number of rotatable bonds is 6. The molecule has 1 unspecified atom stereocenters. The summed E-state index contributed by atoms with van der Waals surface area (Å²) in [5.41, 5.74) is 8.22. The lowest BCUT2D eigenvalue weighted by Crippen LogP contribution is -2.14. The number of para-hydroxylation sites is 1. The van der Waals surface area contributed by atoms with Crippen molar-refractivity contribution in [3.8, 4) is 5.75 Å². The topological polar surface area (TPSA) is 57.6 Å². The van der Waals surface area contributed by atoms with Crippen LogP contribution < -0.4 is 10.5 Å². The van der Waals surface area contributed by atoms with Crippen molar-refractivity contribution in [1.29, 1.82) is 0 Å². The van der Waals surface area contributed by atoms with E-state index >= 15 is 0 Å². The van der Waals surface area contributed by atoms with Gasteiger partial charge in [-0.2, -0.15) is 0 Å². The molecular formula is C15H19NO3. The summed E-state index contributed by atoms with van der Waals surface area (Å²) in [5.74, 6) is 1.53. The Labute approximate surface area is 113 Å². The molecule has 0 bridgehead atoms.